The Labute approximate surface area is 123 Å². The van der Waals surface area contributed by atoms with Crippen molar-refractivity contribution < 1.29 is 27.5 Å². The van der Waals surface area contributed by atoms with Crippen molar-refractivity contribution in [1.29, 1.82) is 5.26 Å². The molecule has 1 heterocycles. The van der Waals surface area contributed by atoms with Gasteiger partial charge in [0.1, 0.15) is 12.5 Å². The molecule has 1 N–H and O–H groups in total. The molecule has 1 aromatic rings. The Morgan fingerprint density at radius 3 is 2.68 bits per heavy atom. The number of esters is 1. The molecule has 9 heteroatoms. The molecule has 1 rings (SSSR count). The summed E-state index contributed by atoms with van der Waals surface area (Å²) in [5.41, 5.74) is -2.33. The van der Waals surface area contributed by atoms with Gasteiger partial charge in [0.2, 0.25) is 5.91 Å². The van der Waals surface area contributed by atoms with Crippen LogP contribution in [0.25, 0.3) is 0 Å². The van der Waals surface area contributed by atoms with Gasteiger partial charge in [-0.2, -0.15) is 18.4 Å². The van der Waals surface area contributed by atoms with E-state index in [-0.39, 0.29) is 12.3 Å². The molecule has 0 aliphatic heterocycles. The number of carbonyl (C=O) groups is 2. The molecule has 0 saturated carbocycles. The molecule has 0 aliphatic carbocycles. The third kappa shape index (κ3) is 5.05. The van der Waals surface area contributed by atoms with Gasteiger partial charge in [-0.15, -0.1) is 0 Å². The van der Waals surface area contributed by atoms with Crippen molar-refractivity contribution in [2.24, 2.45) is 0 Å². The van der Waals surface area contributed by atoms with Crippen molar-refractivity contribution in [3.8, 4) is 6.07 Å². The topological polar surface area (TPSA) is 92.1 Å². The van der Waals surface area contributed by atoms with Crippen LogP contribution in [0, 0.1) is 11.3 Å². The first-order valence-electron chi connectivity index (χ1n) is 6.20. The van der Waals surface area contributed by atoms with E-state index in [1.807, 2.05) is 0 Å². The smallest absolute Gasteiger partial charge is 0.419 e. The molecule has 0 fully saturated rings. The van der Waals surface area contributed by atoms with Gasteiger partial charge in [0.15, 0.2) is 5.69 Å². The highest BCUT2D eigenvalue weighted by molar-refractivity contribution is 6.01. The molecule has 0 aliphatic rings. The fourth-order valence-electron chi connectivity index (χ4n) is 1.44. The lowest BCUT2D eigenvalue weighted by atomic mass is 10.2. The first kappa shape index (κ1) is 17.4. The number of nitrogens with zero attached hydrogens (tertiary/aromatic N) is 2. The fraction of sp³-hybridized carbons (Fsp3) is 0.385. The molecule has 0 radical (unpaired) electrons. The van der Waals surface area contributed by atoms with E-state index in [1.165, 1.54) is 6.07 Å². The van der Waals surface area contributed by atoms with E-state index in [0.29, 0.717) is 12.5 Å². The van der Waals surface area contributed by atoms with E-state index < -0.39 is 35.7 Å². The molecule has 0 unspecified atom stereocenters. The molecule has 1 amide bonds. The quantitative estimate of drug-likeness (QED) is 0.664. The second-order valence-corrected chi connectivity index (χ2v) is 4.18. The zero-order chi connectivity index (χ0) is 16.8. The molecule has 6 nitrogen and oxygen atoms in total. The third-order valence-electron chi connectivity index (χ3n) is 2.35. The minimum Gasteiger partial charge on any atom is -0.465 e. The summed E-state index contributed by atoms with van der Waals surface area (Å²) in [7, 11) is 0. The van der Waals surface area contributed by atoms with Gasteiger partial charge in [-0.25, -0.2) is 4.98 Å². The number of nitriles is 1. The van der Waals surface area contributed by atoms with Crippen LogP contribution in [0.5, 0.6) is 0 Å². The molecule has 0 spiro atoms. The van der Waals surface area contributed by atoms with Gasteiger partial charge in [0.25, 0.3) is 0 Å². The monoisotopic (exact) mass is 315 g/mol. The van der Waals surface area contributed by atoms with Gasteiger partial charge in [0, 0.05) is 0 Å². The third-order valence-corrected chi connectivity index (χ3v) is 2.35. The van der Waals surface area contributed by atoms with Gasteiger partial charge >= 0.3 is 12.1 Å². The summed E-state index contributed by atoms with van der Waals surface area (Å²) in [5, 5.41) is 10.7. The number of nitrogens with one attached hydrogen (secondary N) is 1. The molecule has 118 valence electrons. The number of hydrogen-bond acceptors (Lipinski definition) is 5. The van der Waals surface area contributed by atoms with E-state index in [0.717, 1.165) is 6.20 Å². The summed E-state index contributed by atoms with van der Waals surface area (Å²) in [4.78, 5) is 26.1. The van der Waals surface area contributed by atoms with Crippen LogP contribution in [0.15, 0.2) is 12.3 Å². The Hall–Kier alpha value is -2.63. The minimum atomic E-state index is -4.78. The van der Waals surface area contributed by atoms with Crippen LogP contribution in [0.2, 0.25) is 0 Å². The number of halogens is 3. The van der Waals surface area contributed by atoms with Gasteiger partial charge in [-0.3, -0.25) is 9.59 Å². The second-order valence-electron chi connectivity index (χ2n) is 4.18. The Kier molecular flexibility index (Phi) is 5.86. The number of pyridine rings is 1. The normalized spacial score (nSPS) is 10.7. The van der Waals surface area contributed by atoms with Crippen molar-refractivity contribution in [1.82, 2.24) is 4.98 Å². The van der Waals surface area contributed by atoms with Crippen LogP contribution in [-0.4, -0.2) is 23.5 Å². The lowest BCUT2D eigenvalue weighted by Gasteiger charge is -2.10. The van der Waals surface area contributed by atoms with Crippen molar-refractivity contribution in [2.75, 3.05) is 11.9 Å². The lowest BCUT2D eigenvalue weighted by molar-refractivity contribution is -0.145. The summed E-state index contributed by atoms with van der Waals surface area (Å²) in [6.07, 6.45) is -3.91. The maximum Gasteiger partial charge on any atom is 0.419 e. The number of carbonyl (C=O) groups excluding carboxylic acids is 2. The van der Waals surface area contributed by atoms with E-state index in [2.05, 4.69) is 15.0 Å². The maximum absolute atomic E-state index is 12.7. The Bertz CT molecular complexity index is 609. The molecular weight excluding hydrogens is 303 g/mol. The fourth-order valence-corrected chi connectivity index (χ4v) is 1.44. The number of amides is 1. The Morgan fingerprint density at radius 2 is 2.14 bits per heavy atom. The predicted molar refractivity (Wildman–Crippen MR) is 68.5 cm³/mol. The molecule has 0 bridgehead atoms. The first-order valence-corrected chi connectivity index (χ1v) is 6.20. The molecule has 0 atom stereocenters. The first-order chi connectivity index (χ1) is 10.3. The van der Waals surface area contributed by atoms with Crippen molar-refractivity contribution >= 4 is 17.6 Å². The van der Waals surface area contributed by atoms with Gasteiger partial charge in [-0.1, -0.05) is 6.92 Å². The SMILES string of the molecule is CCCOC(=O)CC(=O)Nc1cnc(C#N)c(C(F)(F)F)c1. The van der Waals surface area contributed by atoms with Gasteiger partial charge in [-0.05, 0) is 12.5 Å². The average molecular weight is 315 g/mol. The van der Waals surface area contributed by atoms with Crippen molar-refractivity contribution in [3.63, 3.8) is 0 Å². The number of alkyl halides is 3. The predicted octanol–water partition coefficient (Wildman–Crippen LogP) is 2.25. The van der Waals surface area contributed by atoms with Gasteiger partial charge in [0.05, 0.1) is 24.1 Å². The van der Waals surface area contributed by atoms with Gasteiger partial charge < -0.3 is 10.1 Å². The molecule has 0 aromatic carbocycles. The summed E-state index contributed by atoms with van der Waals surface area (Å²) in [5.74, 6) is -1.61. The highest BCUT2D eigenvalue weighted by atomic mass is 19.4. The van der Waals surface area contributed by atoms with E-state index in [1.54, 1.807) is 6.92 Å². The molecule has 1 aromatic heterocycles. The van der Waals surface area contributed by atoms with Crippen LogP contribution >= 0.6 is 0 Å². The van der Waals surface area contributed by atoms with Crippen LogP contribution in [-0.2, 0) is 20.5 Å². The summed E-state index contributed by atoms with van der Waals surface area (Å²) < 4.78 is 42.8. The number of rotatable bonds is 5. The number of aromatic nitrogens is 1. The van der Waals surface area contributed by atoms with Crippen molar-refractivity contribution in [3.05, 3.63) is 23.5 Å². The molecule has 22 heavy (non-hydrogen) atoms. The minimum absolute atomic E-state index is 0.156. The highest BCUT2D eigenvalue weighted by Crippen LogP contribution is 2.32. The lowest BCUT2D eigenvalue weighted by Crippen LogP contribution is -2.19. The Balaban J connectivity index is 2.80. The summed E-state index contributed by atoms with van der Waals surface area (Å²) >= 11 is 0. The number of anilines is 1. The van der Waals surface area contributed by atoms with Crippen LogP contribution < -0.4 is 5.32 Å². The average Bonchev–Trinajstić information content (AvgIpc) is 2.44. The van der Waals surface area contributed by atoms with Crippen LogP contribution in [0.3, 0.4) is 0 Å². The van der Waals surface area contributed by atoms with E-state index in [4.69, 9.17) is 5.26 Å². The maximum atomic E-state index is 12.7. The van der Waals surface area contributed by atoms with Crippen LogP contribution in [0.1, 0.15) is 31.0 Å². The van der Waals surface area contributed by atoms with E-state index >= 15 is 0 Å². The molecule has 0 saturated heterocycles. The number of hydrogen-bond donors (Lipinski definition) is 1. The summed E-state index contributed by atoms with van der Waals surface area (Å²) in [6.45, 7) is 1.93. The second kappa shape index (κ2) is 7.40. The zero-order valence-electron chi connectivity index (χ0n) is 11.5. The standard InChI is InChI=1S/C13H12F3N3O3/c1-2-3-22-12(21)5-11(20)19-8-4-9(13(14,15)16)10(6-17)18-7-8/h4,7H,2-3,5H2,1H3,(H,19,20). The zero-order valence-corrected chi connectivity index (χ0v) is 11.5. The summed E-state index contributed by atoms with van der Waals surface area (Å²) in [6, 6.07) is 1.90. The van der Waals surface area contributed by atoms with Crippen LogP contribution in [0.4, 0.5) is 18.9 Å². The van der Waals surface area contributed by atoms with E-state index in [9.17, 15) is 22.8 Å². The Morgan fingerprint density at radius 1 is 1.45 bits per heavy atom. The molecular formula is C13H12F3N3O3. The largest absolute Gasteiger partial charge is 0.465 e. The van der Waals surface area contributed by atoms with Crippen molar-refractivity contribution in [2.45, 2.75) is 25.9 Å². The highest BCUT2D eigenvalue weighted by Gasteiger charge is 2.34. The number of ether oxygens (including phenoxy) is 1.